The molecule has 0 saturated carbocycles. The van der Waals surface area contributed by atoms with Crippen LogP contribution in [0.15, 0.2) is 21.9 Å². The fraction of sp³-hybridized carbons (Fsp3) is 0.471. The molecule has 0 fully saturated rings. The van der Waals surface area contributed by atoms with Crippen LogP contribution in [-0.4, -0.2) is 23.4 Å². The van der Waals surface area contributed by atoms with Gasteiger partial charge in [-0.2, -0.15) is 0 Å². The molecule has 2 rings (SSSR count). The molecule has 0 saturated heterocycles. The summed E-state index contributed by atoms with van der Waals surface area (Å²) < 4.78 is 10.9. The Morgan fingerprint density at radius 2 is 2.17 bits per heavy atom. The fourth-order valence-corrected chi connectivity index (χ4v) is 2.77. The lowest BCUT2D eigenvalue weighted by atomic mass is 10.2. The van der Waals surface area contributed by atoms with Gasteiger partial charge in [-0.25, -0.2) is 4.98 Å². The highest BCUT2D eigenvalue weighted by Gasteiger charge is 2.13. The van der Waals surface area contributed by atoms with Crippen molar-refractivity contribution in [2.45, 2.75) is 46.1 Å². The Bertz CT molecular complexity index is 664. The number of unbranched alkanes of at least 4 members (excludes halogenated alkanes) is 2. The number of aromatic nitrogens is 1. The average molecular weight is 350 g/mol. The normalized spacial score (nSPS) is 10.6. The van der Waals surface area contributed by atoms with E-state index in [1.165, 1.54) is 6.92 Å². The first kappa shape index (κ1) is 18.2. The predicted molar refractivity (Wildman–Crippen MR) is 91.5 cm³/mol. The van der Waals surface area contributed by atoms with Crippen LogP contribution >= 0.6 is 11.3 Å². The summed E-state index contributed by atoms with van der Waals surface area (Å²) in [6.45, 7) is 4.09. The number of aryl methyl sites for hydroxylation is 1. The number of amides is 1. The van der Waals surface area contributed by atoms with E-state index in [0.717, 1.165) is 24.1 Å². The molecule has 2 aromatic rings. The molecule has 0 aromatic carbocycles. The summed E-state index contributed by atoms with van der Waals surface area (Å²) >= 11 is 1.55. The zero-order chi connectivity index (χ0) is 17.4. The van der Waals surface area contributed by atoms with E-state index < -0.39 is 0 Å². The van der Waals surface area contributed by atoms with Crippen molar-refractivity contribution in [1.82, 2.24) is 10.3 Å². The summed E-state index contributed by atoms with van der Waals surface area (Å²) in [7, 11) is 0. The van der Waals surface area contributed by atoms with Gasteiger partial charge in [-0.15, -0.1) is 11.3 Å². The highest BCUT2D eigenvalue weighted by molar-refractivity contribution is 7.13. The number of thiophene rings is 1. The molecule has 130 valence electrons. The molecule has 0 spiro atoms. The molecule has 0 atom stereocenters. The maximum atomic E-state index is 11.8. The molecule has 2 heterocycles. The van der Waals surface area contributed by atoms with E-state index in [0.29, 0.717) is 30.3 Å². The number of nitrogens with one attached hydrogen (secondary N) is 1. The number of ether oxygens (including phenoxy) is 1. The number of nitrogens with zero attached hydrogens (tertiary/aromatic N) is 1. The van der Waals surface area contributed by atoms with Crippen LogP contribution in [0.4, 0.5) is 0 Å². The molecule has 0 aliphatic rings. The first-order valence-electron chi connectivity index (χ1n) is 7.96. The van der Waals surface area contributed by atoms with Crippen molar-refractivity contribution in [3.63, 3.8) is 0 Å². The number of oxazole rings is 1. The van der Waals surface area contributed by atoms with Crippen molar-refractivity contribution in [2.75, 3.05) is 6.54 Å². The SMILES string of the molecule is CC(=O)NCCCCCC(=O)OCc1nc(-c2cccs2)oc1C. The van der Waals surface area contributed by atoms with Crippen LogP contribution in [0, 0.1) is 6.92 Å². The van der Waals surface area contributed by atoms with Crippen LogP contribution in [0.2, 0.25) is 0 Å². The standard InChI is InChI=1S/C17H22N2O4S/c1-12-14(19-17(23-12)15-7-6-10-24-15)11-22-16(21)8-4-3-5-9-18-13(2)20/h6-7,10H,3-5,8-9,11H2,1-2H3,(H,18,20). The minimum absolute atomic E-state index is 0.0284. The van der Waals surface area contributed by atoms with Crippen LogP contribution < -0.4 is 5.32 Å². The third-order valence-electron chi connectivity index (χ3n) is 3.43. The number of hydrogen-bond acceptors (Lipinski definition) is 6. The number of hydrogen-bond donors (Lipinski definition) is 1. The van der Waals surface area contributed by atoms with Crippen LogP contribution in [0.5, 0.6) is 0 Å². The van der Waals surface area contributed by atoms with E-state index in [-0.39, 0.29) is 18.5 Å². The van der Waals surface area contributed by atoms with Gasteiger partial charge in [0.2, 0.25) is 11.8 Å². The van der Waals surface area contributed by atoms with E-state index in [9.17, 15) is 9.59 Å². The summed E-state index contributed by atoms with van der Waals surface area (Å²) in [6, 6.07) is 3.87. The van der Waals surface area contributed by atoms with Crippen molar-refractivity contribution in [3.05, 3.63) is 29.0 Å². The lowest BCUT2D eigenvalue weighted by molar-refractivity contribution is -0.145. The van der Waals surface area contributed by atoms with Crippen molar-refractivity contribution in [3.8, 4) is 10.8 Å². The van der Waals surface area contributed by atoms with Crippen molar-refractivity contribution < 1.29 is 18.7 Å². The molecule has 24 heavy (non-hydrogen) atoms. The molecule has 0 bridgehead atoms. The van der Waals surface area contributed by atoms with Gasteiger partial charge in [-0.05, 0) is 31.2 Å². The highest BCUT2D eigenvalue weighted by Crippen LogP contribution is 2.26. The summed E-state index contributed by atoms with van der Waals surface area (Å²) in [5.74, 6) is 0.960. The zero-order valence-electron chi connectivity index (χ0n) is 14.0. The lowest BCUT2D eigenvalue weighted by Crippen LogP contribution is -2.20. The van der Waals surface area contributed by atoms with Crippen molar-refractivity contribution >= 4 is 23.2 Å². The van der Waals surface area contributed by atoms with Gasteiger partial charge < -0.3 is 14.5 Å². The number of esters is 1. The minimum atomic E-state index is -0.241. The molecule has 0 radical (unpaired) electrons. The Kier molecular flexibility index (Phi) is 6.99. The first-order chi connectivity index (χ1) is 11.6. The Labute approximate surface area is 145 Å². The Balaban J connectivity index is 1.68. The maximum absolute atomic E-state index is 11.8. The van der Waals surface area contributed by atoms with Gasteiger partial charge in [0.25, 0.3) is 0 Å². The van der Waals surface area contributed by atoms with E-state index in [1.807, 2.05) is 24.4 Å². The van der Waals surface area contributed by atoms with Crippen molar-refractivity contribution in [2.24, 2.45) is 0 Å². The summed E-state index contributed by atoms with van der Waals surface area (Å²) in [4.78, 5) is 27.8. The largest absolute Gasteiger partial charge is 0.459 e. The summed E-state index contributed by atoms with van der Waals surface area (Å²) in [6.07, 6.45) is 2.85. The van der Waals surface area contributed by atoms with Gasteiger partial charge in [0.15, 0.2) is 0 Å². The number of rotatable bonds is 9. The molecule has 7 heteroatoms. The molecule has 6 nitrogen and oxygen atoms in total. The number of carbonyl (C=O) groups is 2. The first-order valence-corrected chi connectivity index (χ1v) is 8.84. The molecular weight excluding hydrogens is 328 g/mol. The van der Waals surface area contributed by atoms with Crippen LogP contribution in [0.3, 0.4) is 0 Å². The van der Waals surface area contributed by atoms with Crippen LogP contribution in [0.1, 0.15) is 44.1 Å². The molecule has 1 N–H and O–H groups in total. The van der Waals surface area contributed by atoms with Gasteiger partial charge in [-0.3, -0.25) is 9.59 Å². The van der Waals surface area contributed by atoms with Gasteiger partial charge in [0.05, 0.1) is 4.88 Å². The maximum Gasteiger partial charge on any atom is 0.306 e. The van der Waals surface area contributed by atoms with Crippen LogP contribution in [0.25, 0.3) is 10.8 Å². The van der Waals surface area contributed by atoms with E-state index >= 15 is 0 Å². The van der Waals surface area contributed by atoms with E-state index in [4.69, 9.17) is 9.15 Å². The quantitative estimate of drug-likeness (QED) is 0.553. The molecule has 0 aliphatic carbocycles. The van der Waals surface area contributed by atoms with Gasteiger partial charge >= 0.3 is 5.97 Å². The smallest absolute Gasteiger partial charge is 0.306 e. The van der Waals surface area contributed by atoms with Gasteiger partial charge in [0, 0.05) is 19.9 Å². The molecular formula is C17H22N2O4S. The Morgan fingerprint density at radius 3 is 2.88 bits per heavy atom. The topological polar surface area (TPSA) is 81.4 Å². The summed E-state index contributed by atoms with van der Waals surface area (Å²) in [5, 5.41) is 4.69. The second-order valence-electron chi connectivity index (χ2n) is 5.45. The van der Waals surface area contributed by atoms with Crippen LogP contribution in [-0.2, 0) is 20.9 Å². The highest BCUT2D eigenvalue weighted by atomic mass is 32.1. The average Bonchev–Trinajstić information content (AvgIpc) is 3.18. The van der Waals surface area contributed by atoms with Crippen molar-refractivity contribution in [1.29, 1.82) is 0 Å². The Hall–Kier alpha value is -2.15. The fourth-order valence-electron chi connectivity index (χ4n) is 2.12. The molecule has 0 unspecified atom stereocenters. The van der Waals surface area contributed by atoms with Gasteiger partial charge in [0.1, 0.15) is 18.1 Å². The number of carbonyl (C=O) groups excluding carboxylic acids is 2. The third kappa shape index (κ3) is 5.81. The second-order valence-corrected chi connectivity index (χ2v) is 6.40. The van der Waals surface area contributed by atoms with E-state index in [1.54, 1.807) is 11.3 Å². The molecule has 0 aliphatic heterocycles. The predicted octanol–water partition coefficient (Wildman–Crippen LogP) is 3.45. The monoisotopic (exact) mass is 350 g/mol. The minimum Gasteiger partial charge on any atom is -0.459 e. The Morgan fingerprint density at radius 1 is 1.33 bits per heavy atom. The molecule has 1 amide bonds. The summed E-state index contributed by atoms with van der Waals surface area (Å²) in [5.41, 5.74) is 0.650. The van der Waals surface area contributed by atoms with E-state index in [2.05, 4.69) is 10.3 Å². The molecule has 2 aromatic heterocycles. The zero-order valence-corrected chi connectivity index (χ0v) is 14.8. The van der Waals surface area contributed by atoms with Gasteiger partial charge in [-0.1, -0.05) is 12.5 Å². The third-order valence-corrected chi connectivity index (χ3v) is 4.28. The lowest BCUT2D eigenvalue weighted by Gasteiger charge is -2.04. The second kappa shape index (κ2) is 9.22.